The Morgan fingerprint density at radius 2 is 2.05 bits per heavy atom. The summed E-state index contributed by atoms with van der Waals surface area (Å²) in [7, 11) is 6.04. The van der Waals surface area contributed by atoms with Crippen molar-refractivity contribution in [2.45, 2.75) is 44.2 Å². The lowest BCUT2D eigenvalue weighted by Crippen LogP contribution is -2.46. The summed E-state index contributed by atoms with van der Waals surface area (Å²) in [4.78, 5) is 16.4. The molecule has 2 rings (SSSR count). The number of likely N-dealkylation sites (N-methyl/N-ethyl adjacent to an activating group) is 1. The van der Waals surface area contributed by atoms with E-state index in [1.54, 1.807) is 11.3 Å². The molecule has 0 radical (unpaired) electrons. The minimum Gasteiger partial charge on any atom is -0.336 e. The standard InChI is InChI=1S/C16H27N3OS/c1-18(2)15(13-9-10-21-12-13)11-17-16(20)19(3)14-7-5-4-6-8-14/h9-10,12,14-15H,4-8,11H2,1-3H3,(H,17,20). The monoisotopic (exact) mass is 309 g/mol. The SMILES string of the molecule is CN(C)C(CNC(=O)N(C)C1CCCCC1)c1ccsc1. The maximum atomic E-state index is 12.3. The molecular formula is C16H27N3OS. The van der Waals surface area contributed by atoms with Gasteiger partial charge in [0.25, 0.3) is 0 Å². The van der Waals surface area contributed by atoms with Crippen molar-refractivity contribution in [3.05, 3.63) is 22.4 Å². The van der Waals surface area contributed by atoms with Crippen LogP contribution < -0.4 is 5.32 Å². The normalized spacial score (nSPS) is 17.7. The molecule has 1 aromatic rings. The van der Waals surface area contributed by atoms with Crippen molar-refractivity contribution < 1.29 is 4.79 Å². The van der Waals surface area contributed by atoms with E-state index in [9.17, 15) is 4.79 Å². The zero-order chi connectivity index (χ0) is 15.2. The molecule has 0 saturated heterocycles. The van der Waals surface area contributed by atoms with Gasteiger partial charge in [0.15, 0.2) is 0 Å². The molecule has 0 aliphatic heterocycles. The van der Waals surface area contributed by atoms with Crippen molar-refractivity contribution in [1.29, 1.82) is 0 Å². The molecular weight excluding hydrogens is 282 g/mol. The van der Waals surface area contributed by atoms with Crippen LogP contribution in [0.25, 0.3) is 0 Å². The summed E-state index contributed by atoms with van der Waals surface area (Å²) < 4.78 is 0. The van der Waals surface area contributed by atoms with Crippen LogP contribution in [0.4, 0.5) is 4.79 Å². The van der Waals surface area contributed by atoms with Gasteiger partial charge in [-0.2, -0.15) is 11.3 Å². The molecule has 1 aliphatic rings. The van der Waals surface area contributed by atoms with E-state index in [1.807, 2.05) is 11.9 Å². The number of thiophene rings is 1. The van der Waals surface area contributed by atoms with Crippen molar-refractivity contribution in [2.75, 3.05) is 27.7 Å². The van der Waals surface area contributed by atoms with Gasteiger partial charge in [0.2, 0.25) is 0 Å². The third-order valence-electron chi connectivity index (χ3n) is 4.44. The Morgan fingerprint density at radius 3 is 2.62 bits per heavy atom. The first-order chi connectivity index (χ1) is 10.1. The molecule has 1 fully saturated rings. The Hall–Kier alpha value is -1.07. The summed E-state index contributed by atoms with van der Waals surface area (Å²) >= 11 is 1.70. The fourth-order valence-electron chi connectivity index (χ4n) is 3.01. The lowest BCUT2D eigenvalue weighted by molar-refractivity contribution is 0.170. The number of nitrogens with zero attached hydrogens (tertiary/aromatic N) is 2. The average Bonchev–Trinajstić information content (AvgIpc) is 3.01. The first kappa shape index (κ1) is 16.3. The summed E-state index contributed by atoms with van der Waals surface area (Å²) in [6.45, 7) is 0.652. The molecule has 1 N–H and O–H groups in total. The van der Waals surface area contributed by atoms with Crippen LogP contribution in [-0.2, 0) is 0 Å². The maximum Gasteiger partial charge on any atom is 0.317 e. The van der Waals surface area contributed by atoms with E-state index >= 15 is 0 Å². The molecule has 4 nitrogen and oxygen atoms in total. The molecule has 5 heteroatoms. The van der Waals surface area contributed by atoms with E-state index in [1.165, 1.54) is 24.8 Å². The highest BCUT2D eigenvalue weighted by molar-refractivity contribution is 7.07. The minimum absolute atomic E-state index is 0.0592. The molecule has 1 atom stereocenters. The summed E-state index contributed by atoms with van der Waals surface area (Å²) in [5, 5.41) is 7.34. The molecule has 21 heavy (non-hydrogen) atoms. The van der Waals surface area contributed by atoms with E-state index in [0.717, 1.165) is 12.8 Å². The number of amides is 2. The smallest absolute Gasteiger partial charge is 0.317 e. The van der Waals surface area contributed by atoms with E-state index in [0.29, 0.717) is 12.6 Å². The van der Waals surface area contributed by atoms with Crippen LogP contribution in [0.5, 0.6) is 0 Å². The number of hydrogen-bond donors (Lipinski definition) is 1. The Balaban J connectivity index is 1.86. The maximum absolute atomic E-state index is 12.3. The third-order valence-corrected chi connectivity index (χ3v) is 5.14. The predicted octanol–water partition coefficient (Wildman–Crippen LogP) is 3.32. The molecule has 0 bridgehead atoms. The van der Waals surface area contributed by atoms with Crippen molar-refractivity contribution in [2.24, 2.45) is 0 Å². The Kier molecular flexibility index (Phi) is 6.06. The molecule has 2 amide bonds. The summed E-state index contributed by atoms with van der Waals surface area (Å²) in [5.41, 5.74) is 1.27. The number of urea groups is 1. The van der Waals surface area contributed by atoms with Crippen LogP contribution in [-0.4, -0.2) is 49.6 Å². The second-order valence-electron chi connectivity index (χ2n) is 6.12. The molecule has 1 aliphatic carbocycles. The number of hydrogen-bond acceptors (Lipinski definition) is 3. The van der Waals surface area contributed by atoms with Crippen molar-refractivity contribution in [3.63, 3.8) is 0 Å². The van der Waals surface area contributed by atoms with Crippen molar-refractivity contribution in [3.8, 4) is 0 Å². The summed E-state index contributed by atoms with van der Waals surface area (Å²) in [6, 6.07) is 2.84. The van der Waals surface area contributed by atoms with Gasteiger partial charge in [-0.3, -0.25) is 0 Å². The average molecular weight is 309 g/mol. The fourth-order valence-corrected chi connectivity index (χ4v) is 3.71. The number of carbonyl (C=O) groups is 1. The zero-order valence-corrected chi connectivity index (χ0v) is 14.2. The first-order valence-electron chi connectivity index (χ1n) is 7.78. The van der Waals surface area contributed by atoms with Crippen LogP contribution in [0, 0.1) is 0 Å². The molecule has 0 spiro atoms. The van der Waals surface area contributed by atoms with Crippen LogP contribution in [0.2, 0.25) is 0 Å². The van der Waals surface area contributed by atoms with E-state index in [4.69, 9.17) is 0 Å². The summed E-state index contributed by atoms with van der Waals surface area (Å²) in [6.07, 6.45) is 6.10. The van der Waals surface area contributed by atoms with Gasteiger partial charge in [0.05, 0.1) is 6.04 Å². The molecule has 0 aromatic carbocycles. The van der Waals surface area contributed by atoms with Gasteiger partial charge in [-0.1, -0.05) is 19.3 Å². The van der Waals surface area contributed by atoms with Crippen LogP contribution in [0.1, 0.15) is 43.7 Å². The molecule has 1 unspecified atom stereocenters. The Bertz CT molecular complexity index is 427. The molecule has 1 heterocycles. The second kappa shape index (κ2) is 7.80. The van der Waals surface area contributed by atoms with Crippen molar-refractivity contribution in [1.82, 2.24) is 15.1 Å². The molecule has 1 saturated carbocycles. The van der Waals surface area contributed by atoms with E-state index in [2.05, 4.69) is 41.1 Å². The number of rotatable bonds is 5. The second-order valence-corrected chi connectivity index (χ2v) is 6.90. The fraction of sp³-hybridized carbons (Fsp3) is 0.688. The third kappa shape index (κ3) is 4.45. The lowest BCUT2D eigenvalue weighted by Gasteiger charge is -2.32. The Labute approximate surface area is 132 Å². The number of nitrogens with one attached hydrogen (secondary N) is 1. The predicted molar refractivity (Wildman–Crippen MR) is 88.8 cm³/mol. The highest BCUT2D eigenvalue weighted by Gasteiger charge is 2.23. The van der Waals surface area contributed by atoms with Gasteiger partial charge >= 0.3 is 6.03 Å². The van der Waals surface area contributed by atoms with Gasteiger partial charge < -0.3 is 15.1 Å². The zero-order valence-electron chi connectivity index (χ0n) is 13.3. The van der Waals surface area contributed by atoms with Crippen LogP contribution in [0.15, 0.2) is 16.8 Å². The minimum atomic E-state index is 0.0592. The molecule has 118 valence electrons. The van der Waals surface area contributed by atoms with Crippen molar-refractivity contribution >= 4 is 17.4 Å². The largest absolute Gasteiger partial charge is 0.336 e. The van der Waals surface area contributed by atoms with Gasteiger partial charge in [-0.15, -0.1) is 0 Å². The van der Waals surface area contributed by atoms with Crippen LogP contribution in [0.3, 0.4) is 0 Å². The molecule has 1 aromatic heterocycles. The van der Waals surface area contributed by atoms with E-state index in [-0.39, 0.29) is 12.1 Å². The van der Waals surface area contributed by atoms with Crippen LogP contribution >= 0.6 is 11.3 Å². The Morgan fingerprint density at radius 1 is 1.33 bits per heavy atom. The summed E-state index contributed by atoms with van der Waals surface area (Å²) in [5.74, 6) is 0. The highest BCUT2D eigenvalue weighted by Crippen LogP contribution is 2.22. The topological polar surface area (TPSA) is 35.6 Å². The lowest BCUT2D eigenvalue weighted by atomic mass is 9.95. The van der Waals surface area contributed by atoms with E-state index < -0.39 is 0 Å². The highest BCUT2D eigenvalue weighted by atomic mass is 32.1. The van der Waals surface area contributed by atoms with Gasteiger partial charge in [0.1, 0.15) is 0 Å². The van der Waals surface area contributed by atoms with Gasteiger partial charge in [-0.05, 0) is 49.3 Å². The van der Waals surface area contributed by atoms with Gasteiger partial charge in [0, 0.05) is 19.6 Å². The number of carbonyl (C=O) groups excluding carboxylic acids is 1. The van der Waals surface area contributed by atoms with Gasteiger partial charge in [-0.25, -0.2) is 4.79 Å². The quantitative estimate of drug-likeness (QED) is 0.905. The first-order valence-corrected chi connectivity index (χ1v) is 8.73.